The summed E-state index contributed by atoms with van der Waals surface area (Å²) in [5, 5.41) is 19.9. The first kappa shape index (κ1) is 17.9. The molecule has 1 amide bonds. The molecule has 2 N–H and O–H groups in total. The Labute approximate surface area is 174 Å². The zero-order valence-corrected chi connectivity index (χ0v) is 17.1. The van der Waals surface area contributed by atoms with E-state index in [1.54, 1.807) is 0 Å². The molecule has 1 spiro atoms. The lowest BCUT2D eigenvalue weighted by atomic mass is 9.93. The normalized spacial score (nSPS) is 25.4. The summed E-state index contributed by atoms with van der Waals surface area (Å²) in [6.45, 7) is 3.60. The van der Waals surface area contributed by atoms with E-state index in [1.807, 2.05) is 18.0 Å². The molecule has 0 bridgehead atoms. The molecule has 2 aromatic heterocycles. The van der Waals surface area contributed by atoms with Crippen molar-refractivity contribution in [2.45, 2.75) is 56.9 Å². The van der Waals surface area contributed by atoms with Crippen LogP contribution in [-0.2, 0) is 4.79 Å². The average molecular weight is 406 g/mol. The molecule has 30 heavy (non-hydrogen) atoms. The Morgan fingerprint density at radius 3 is 2.87 bits per heavy atom. The molecule has 1 aliphatic heterocycles. The Bertz CT molecular complexity index is 1090. The lowest BCUT2D eigenvalue weighted by molar-refractivity contribution is -0.133. The third kappa shape index (κ3) is 3.05. The monoisotopic (exact) mass is 406 g/mol. The molecule has 2 saturated carbocycles. The molecule has 1 aromatic carbocycles. The first-order valence-electron chi connectivity index (χ1n) is 10.9. The molecule has 3 heterocycles. The van der Waals surface area contributed by atoms with E-state index in [9.17, 15) is 4.79 Å². The van der Waals surface area contributed by atoms with E-state index < -0.39 is 0 Å². The van der Waals surface area contributed by atoms with Crippen molar-refractivity contribution in [3.05, 3.63) is 35.9 Å². The van der Waals surface area contributed by atoms with Gasteiger partial charge < -0.3 is 14.6 Å². The lowest BCUT2D eigenvalue weighted by Gasteiger charge is -2.33. The van der Waals surface area contributed by atoms with Crippen molar-refractivity contribution >= 4 is 22.8 Å². The third-order valence-corrected chi connectivity index (χ3v) is 7.26. The van der Waals surface area contributed by atoms with Crippen molar-refractivity contribution in [3.63, 3.8) is 0 Å². The molecule has 156 valence electrons. The highest BCUT2D eigenvalue weighted by Crippen LogP contribution is 2.55. The number of carbonyl (C=O) groups is 1. The number of para-hydroxylation sites is 1. The molecular formula is C22H26N6O2. The summed E-state index contributed by atoms with van der Waals surface area (Å²) in [6.07, 6.45) is 7.78. The molecule has 8 heteroatoms. The lowest BCUT2D eigenvalue weighted by Crippen LogP contribution is -2.45. The number of amides is 1. The van der Waals surface area contributed by atoms with Crippen LogP contribution in [0, 0.1) is 5.41 Å². The number of nitrogens with one attached hydrogen (secondary N) is 2. The predicted molar refractivity (Wildman–Crippen MR) is 111 cm³/mol. The van der Waals surface area contributed by atoms with Crippen LogP contribution in [0.2, 0.25) is 0 Å². The van der Waals surface area contributed by atoms with Crippen LogP contribution in [0.25, 0.3) is 10.9 Å². The summed E-state index contributed by atoms with van der Waals surface area (Å²) < 4.78 is 5.87. The van der Waals surface area contributed by atoms with Crippen LogP contribution in [0.3, 0.4) is 0 Å². The molecule has 3 aliphatic rings. The Hall–Kier alpha value is -2.90. The number of anilines is 1. The maximum Gasteiger partial charge on any atom is 0.316 e. The summed E-state index contributed by atoms with van der Waals surface area (Å²) in [4.78, 5) is 14.8. The average Bonchev–Trinajstić information content (AvgIpc) is 3.60. The smallest absolute Gasteiger partial charge is 0.316 e. The molecule has 1 saturated heterocycles. The Kier molecular flexibility index (Phi) is 3.91. The largest absolute Gasteiger partial charge is 0.408 e. The van der Waals surface area contributed by atoms with Crippen LogP contribution < -0.4 is 5.32 Å². The number of aromatic nitrogens is 4. The number of rotatable bonds is 5. The topological polar surface area (TPSA) is 99.9 Å². The minimum absolute atomic E-state index is 0.112. The van der Waals surface area contributed by atoms with Crippen LogP contribution in [-0.4, -0.2) is 50.3 Å². The van der Waals surface area contributed by atoms with Crippen molar-refractivity contribution in [1.82, 2.24) is 25.3 Å². The van der Waals surface area contributed by atoms with E-state index in [4.69, 9.17) is 4.42 Å². The third-order valence-electron chi connectivity index (χ3n) is 7.26. The molecule has 0 unspecified atom stereocenters. The number of hydrogen-bond donors (Lipinski definition) is 2. The molecule has 3 aromatic rings. The summed E-state index contributed by atoms with van der Waals surface area (Å²) in [5.41, 5.74) is 2.89. The number of nitrogens with zero attached hydrogens (tertiary/aromatic N) is 4. The van der Waals surface area contributed by atoms with Gasteiger partial charge in [-0.15, -0.1) is 5.10 Å². The van der Waals surface area contributed by atoms with Gasteiger partial charge in [-0.1, -0.05) is 23.3 Å². The van der Waals surface area contributed by atoms with E-state index >= 15 is 0 Å². The summed E-state index contributed by atoms with van der Waals surface area (Å²) in [5.74, 6) is 1.31. The van der Waals surface area contributed by atoms with Gasteiger partial charge in [0.1, 0.15) is 6.04 Å². The fourth-order valence-electron chi connectivity index (χ4n) is 4.95. The second kappa shape index (κ2) is 6.55. The second-order valence-corrected chi connectivity index (χ2v) is 9.27. The van der Waals surface area contributed by atoms with Crippen molar-refractivity contribution in [3.8, 4) is 0 Å². The standard InChI is InChI=1S/C22H26N6O2/c1-13(20(29)28-9-7-22(5-6-22)8-10-28)24-21-27-26-19(30-21)17-11-16(17)15-4-2-3-14-12-23-25-18(14)15/h2-4,12-13,16-17H,5-11H2,1H3,(H,23,25)(H,24,27)/t13-,16-,17+/m0/s1. The number of aromatic amines is 1. The van der Waals surface area contributed by atoms with E-state index in [0.29, 0.717) is 23.2 Å². The fraction of sp³-hybridized carbons (Fsp3) is 0.545. The number of hydrogen-bond acceptors (Lipinski definition) is 6. The maximum atomic E-state index is 12.8. The molecule has 3 atom stereocenters. The van der Waals surface area contributed by atoms with E-state index in [-0.39, 0.29) is 17.9 Å². The Balaban J connectivity index is 1.09. The van der Waals surface area contributed by atoms with Crippen LogP contribution in [0.15, 0.2) is 28.8 Å². The van der Waals surface area contributed by atoms with Gasteiger partial charge in [-0.05, 0) is 55.9 Å². The number of fused-ring (bicyclic) bond motifs is 1. The molecule has 2 aliphatic carbocycles. The molecule has 6 rings (SSSR count). The molecular weight excluding hydrogens is 380 g/mol. The predicted octanol–water partition coefficient (Wildman–Crippen LogP) is 3.42. The van der Waals surface area contributed by atoms with Gasteiger partial charge in [0.05, 0.1) is 11.7 Å². The molecule has 0 radical (unpaired) electrons. The highest BCUT2D eigenvalue weighted by atomic mass is 16.4. The Morgan fingerprint density at radius 1 is 1.23 bits per heavy atom. The quantitative estimate of drug-likeness (QED) is 0.673. The zero-order valence-electron chi connectivity index (χ0n) is 17.1. The first-order valence-corrected chi connectivity index (χ1v) is 10.9. The van der Waals surface area contributed by atoms with Crippen molar-refractivity contribution in [1.29, 1.82) is 0 Å². The maximum absolute atomic E-state index is 12.8. The fourth-order valence-corrected chi connectivity index (χ4v) is 4.95. The number of piperidine rings is 1. The van der Waals surface area contributed by atoms with Gasteiger partial charge in [-0.3, -0.25) is 9.89 Å². The van der Waals surface area contributed by atoms with E-state index in [0.717, 1.165) is 43.3 Å². The van der Waals surface area contributed by atoms with Crippen LogP contribution in [0.1, 0.15) is 62.3 Å². The summed E-state index contributed by atoms with van der Waals surface area (Å²) >= 11 is 0. The molecule has 3 fully saturated rings. The number of carbonyl (C=O) groups excluding carboxylic acids is 1. The SMILES string of the molecule is C[C@H](Nc1nnc([C@@H]2C[C@H]2c2cccc3cn[nH]c23)o1)C(=O)N1CCC2(CC1)CC2. The van der Waals surface area contributed by atoms with Gasteiger partial charge in [0, 0.05) is 24.4 Å². The summed E-state index contributed by atoms with van der Waals surface area (Å²) in [7, 11) is 0. The van der Waals surface area contributed by atoms with Crippen LogP contribution >= 0.6 is 0 Å². The van der Waals surface area contributed by atoms with E-state index in [2.05, 4.69) is 43.9 Å². The van der Waals surface area contributed by atoms with Gasteiger partial charge >= 0.3 is 6.01 Å². The van der Waals surface area contributed by atoms with Gasteiger partial charge in [-0.25, -0.2) is 0 Å². The number of benzene rings is 1. The van der Waals surface area contributed by atoms with Gasteiger partial charge in [0.25, 0.3) is 0 Å². The Morgan fingerprint density at radius 2 is 2.07 bits per heavy atom. The van der Waals surface area contributed by atoms with Crippen molar-refractivity contribution in [2.75, 3.05) is 18.4 Å². The van der Waals surface area contributed by atoms with Crippen molar-refractivity contribution < 1.29 is 9.21 Å². The van der Waals surface area contributed by atoms with Crippen LogP contribution in [0.4, 0.5) is 6.01 Å². The highest BCUT2D eigenvalue weighted by molar-refractivity contribution is 5.84. The van der Waals surface area contributed by atoms with Crippen LogP contribution in [0.5, 0.6) is 0 Å². The molecule has 8 nitrogen and oxygen atoms in total. The van der Waals surface area contributed by atoms with Crippen molar-refractivity contribution in [2.24, 2.45) is 5.41 Å². The minimum atomic E-state index is -0.375. The number of H-pyrrole nitrogens is 1. The van der Waals surface area contributed by atoms with Gasteiger partial charge in [-0.2, -0.15) is 5.10 Å². The van der Waals surface area contributed by atoms with Gasteiger partial charge in [0.15, 0.2) is 0 Å². The zero-order chi connectivity index (χ0) is 20.3. The first-order chi connectivity index (χ1) is 14.6. The number of likely N-dealkylation sites (tertiary alicyclic amines) is 1. The summed E-state index contributed by atoms with van der Waals surface area (Å²) in [6, 6.07) is 6.19. The highest BCUT2D eigenvalue weighted by Gasteiger charge is 2.46. The van der Waals surface area contributed by atoms with E-state index in [1.165, 1.54) is 18.4 Å². The minimum Gasteiger partial charge on any atom is -0.408 e. The van der Waals surface area contributed by atoms with Gasteiger partial charge in [0.2, 0.25) is 11.8 Å². The second-order valence-electron chi connectivity index (χ2n) is 9.27.